The summed E-state index contributed by atoms with van der Waals surface area (Å²) >= 11 is 8.26. The molecule has 2 rings (SSSR count). The van der Waals surface area contributed by atoms with Crippen molar-refractivity contribution >= 4 is 39.9 Å². The Morgan fingerprint density at radius 3 is 2.68 bits per heavy atom. The van der Waals surface area contributed by atoms with Gasteiger partial charge < -0.3 is 10.2 Å². The van der Waals surface area contributed by atoms with Gasteiger partial charge >= 0.3 is 0 Å². The van der Waals surface area contributed by atoms with Crippen LogP contribution in [0.5, 0.6) is 0 Å². The molecule has 19 heavy (non-hydrogen) atoms. The molecule has 1 aliphatic carbocycles. The number of nitrogens with zero attached hydrogens (tertiary/aromatic N) is 2. The van der Waals surface area contributed by atoms with Gasteiger partial charge in [-0.1, -0.05) is 11.6 Å². The summed E-state index contributed by atoms with van der Waals surface area (Å²) in [6, 6.07) is 2.50. The highest BCUT2D eigenvalue weighted by Gasteiger charge is 2.21. The van der Waals surface area contributed by atoms with Gasteiger partial charge in [0.2, 0.25) is 0 Å². The van der Waals surface area contributed by atoms with Crippen LogP contribution in [0.3, 0.4) is 0 Å². The second-order valence-electron chi connectivity index (χ2n) is 5.61. The molecule has 0 unspecified atom stereocenters. The molecule has 1 aromatic heterocycles. The molecule has 0 spiro atoms. The number of rotatable bonds is 4. The van der Waals surface area contributed by atoms with Gasteiger partial charge in [0.15, 0.2) is 0 Å². The molecule has 0 atom stereocenters. The molecule has 1 aliphatic rings. The van der Waals surface area contributed by atoms with Gasteiger partial charge in [0.1, 0.15) is 5.15 Å². The van der Waals surface area contributed by atoms with Crippen LogP contribution in [0, 0.1) is 9.49 Å². The maximum absolute atomic E-state index is 5.96. The van der Waals surface area contributed by atoms with Crippen LogP contribution in [0.4, 0.5) is 5.69 Å². The van der Waals surface area contributed by atoms with Crippen LogP contribution >= 0.6 is 34.2 Å². The predicted molar refractivity (Wildman–Crippen MR) is 89.9 cm³/mol. The maximum atomic E-state index is 5.96. The summed E-state index contributed by atoms with van der Waals surface area (Å²) in [6.45, 7) is 1.21. The van der Waals surface area contributed by atoms with E-state index >= 15 is 0 Å². The van der Waals surface area contributed by atoms with Crippen LogP contribution in [-0.2, 0) is 0 Å². The molecule has 0 bridgehead atoms. The monoisotopic (exact) mass is 393 g/mol. The Kier molecular flexibility index (Phi) is 5.71. The lowest BCUT2D eigenvalue weighted by molar-refractivity contribution is 0.255. The van der Waals surface area contributed by atoms with E-state index in [9.17, 15) is 0 Å². The van der Waals surface area contributed by atoms with E-state index < -0.39 is 0 Å². The van der Waals surface area contributed by atoms with Crippen molar-refractivity contribution in [2.75, 3.05) is 26.0 Å². The summed E-state index contributed by atoms with van der Waals surface area (Å²) < 4.78 is 1.14. The van der Waals surface area contributed by atoms with Gasteiger partial charge in [0.25, 0.3) is 0 Å². The molecule has 1 saturated carbocycles. The third kappa shape index (κ3) is 4.76. The topological polar surface area (TPSA) is 28.2 Å². The zero-order valence-electron chi connectivity index (χ0n) is 11.5. The minimum Gasteiger partial charge on any atom is -0.381 e. The highest BCUT2D eigenvalue weighted by molar-refractivity contribution is 14.1. The molecule has 0 aliphatic heterocycles. The Morgan fingerprint density at radius 2 is 2.05 bits per heavy atom. The third-order valence-corrected chi connectivity index (χ3v) is 4.72. The van der Waals surface area contributed by atoms with Crippen LogP contribution < -0.4 is 5.32 Å². The molecule has 0 aromatic carbocycles. The summed E-state index contributed by atoms with van der Waals surface area (Å²) in [6.07, 6.45) is 6.93. The number of halogens is 2. The third-order valence-electron chi connectivity index (χ3n) is 3.65. The van der Waals surface area contributed by atoms with Gasteiger partial charge in [-0.3, -0.25) is 0 Å². The fraction of sp³-hybridized carbons (Fsp3) is 0.643. The highest BCUT2D eigenvalue weighted by Crippen LogP contribution is 2.29. The number of aromatic nitrogens is 1. The minimum absolute atomic E-state index is 0.559. The molecule has 0 amide bonds. The van der Waals surface area contributed by atoms with E-state index in [4.69, 9.17) is 11.6 Å². The summed E-state index contributed by atoms with van der Waals surface area (Å²) in [4.78, 5) is 6.39. The van der Waals surface area contributed by atoms with E-state index in [0.29, 0.717) is 11.2 Å². The zero-order valence-corrected chi connectivity index (χ0v) is 14.4. The number of anilines is 1. The predicted octanol–water partition coefficient (Wildman–Crippen LogP) is 3.87. The Bertz CT molecular complexity index is 417. The average Bonchev–Trinajstić information content (AvgIpc) is 2.35. The van der Waals surface area contributed by atoms with Crippen molar-refractivity contribution in [1.29, 1.82) is 0 Å². The standard InChI is InChI=1S/C14H21ClIN3/c1-19(2)9-10-3-5-11(6-4-10)18-13-7-14(15)17-8-12(13)16/h7-8,10-11H,3-6,9H2,1-2H3,(H,17,18). The molecular weight excluding hydrogens is 373 g/mol. The molecule has 106 valence electrons. The summed E-state index contributed by atoms with van der Waals surface area (Å²) in [7, 11) is 4.32. The zero-order chi connectivity index (χ0) is 13.8. The molecule has 1 heterocycles. The Labute approximate surface area is 134 Å². The van der Waals surface area contributed by atoms with Gasteiger partial charge in [0, 0.05) is 18.8 Å². The van der Waals surface area contributed by atoms with Gasteiger partial charge in [-0.2, -0.15) is 0 Å². The highest BCUT2D eigenvalue weighted by atomic mass is 127. The normalized spacial score (nSPS) is 23.6. The first-order valence-electron chi connectivity index (χ1n) is 6.77. The Hall–Kier alpha value is -0.0700. The van der Waals surface area contributed by atoms with Crippen molar-refractivity contribution in [1.82, 2.24) is 9.88 Å². The fourth-order valence-corrected chi connectivity index (χ4v) is 3.36. The van der Waals surface area contributed by atoms with Crippen molar-refractivity contribution in [2.24, 2.45) is 5.92 Å². The van der Waals surface area contributed by atoms with E-state index in [2.05, 4.69) is 51.9 Å². The molecule has 5 heteroatoms. The van der Waals surface area contributed by atoms with Crippen LogP contribution in [0.1, 0.15) is 25.7 Å². The maximum Gasteiger partial charge on any atom is 0.131 e. The van der Waals surface area contributed by atoms with Crippen LogP contribution in [0.25, 0.3) is 0 Å². The van der Waals surface area contributed by atoms with Crippen LogP contribution in [0.2, 0.25) is 5.15 Å². The summed E-state index contributed by atoms with van der Waals surface area (Å²) in [5, 5.41) is 4.18. The van der Waals surface area contributed by atoms with E-state index in [0.717, 1.165) is 15.2 Å². The second-order valence-corrected chi connectivity index (χ2v) is 7.16. The summed E-state index contributed by atoms with van der Waals surface area (Å²) in [5.74, 6) is 0.855. The Balaban J connectivity index is 1.87. The largest absolute Gasteiger partial charge is 0.381 e. The van der Waals surface area contributed by atoms with E-state index in [1.807, 2.05) is 12.3 Å². The van der Waals surface area contributed by atoms with Crippen molar-refractivity contribution < 1.29 is 0 Å². The van der Waals surface area contributed by atoms with Crippen molar-refractivity contribution in [2.45, 2.75) is 31.7 Å². The number of hydrogen-bond acceptors (Lipinski definition) is 3. The lowest BCUT2D eigenvalue weighted by Crippen LogP contribution is -2.31. The molecule has 0 radical (unpaired) electrons. The lowest BCUT2D eigenvalue weighted by Gasteiger charge is -2.31. The van der Waals surface area contributed by atoms with Gasteiger partial charge in [-0.25, -0.2) is 4.98 Å². The smallest absolute Gasteiger partial charge is 0.131 e. The van der Waals surface area contributed by atoms with Gasteiger partial charge in [-0.05, 0) is 74.4 Å². The number of hydrogen-bond donors (Lipinski definition) is 1. The minimum atomic E-state index is 0.559. The molecule has 1 N–H and O–H groups in total. The molecule has 0 saturated heterocycles. The first kappa shape index (κ1) is 15.3. The van der Waals surface area contributed by atoms with Gasteiger partial charge in [-0.15, -0.1) is 0 Å². The van der Waals surface area contributed by atoms with Crippen molar-refractivity contribution in [3.05, 3.63) is 21.0 Å². The van der Waals surface area contributed by atoms with Crippen molar-refractivity contribution in [3.63, 3.8) is 0 Å². The average molecular weight is 394 g/mol. The molecular formula is C14H21ClIN3. The molecule has 3 nitrogen and oxygen atoms in total. The van der Waals surface area contributed by atoms with Crippen molar-refractivity contribution in [3.8, 4) is 0 Å². The van der Waals surface area contributed by atoms with Crippen LogP contribution in [0.15, 0.2) is 12.3 Å². The SMILES string of the molecule is CN(C)CC1CCC(Nc2cc(Cl)ncc2I)CC1. The van der Waals surface area contributed by atoms with Crippen LogP contribution in [-0.4, -0.2) is 36.6 Å². The Morgan fingerprint density at radius 1 is 1.37 bits per heavy atom. The number of nitrogens with one attached hydrogen (secondary N) is 1. The first-order chi connectivity index (χ1) is 9.04. The first-order valence-corrected chi connectivity index (χ1v) is 8.22. The quantitative estimate of drug-likeness (QED) is 0.622. The molecule has 1 fully saturated rings. The van der Waals surface area contributed by atoms with E-state index in [1.54, 1.807) is 0 Å². The summed E-state index contributed by atoms with van der Waals surface area (Å²) in [5.41, 5.74) is 1.12. The van der Waals surface area contributed by atoms with E-state index in [1.165, 1.54) is 32.2 Å². The number of pyridine rings is 1. The lowest BCUT2D eigenvalue weighted by atomic mass is 9.85. The molecule has 1 aromatic rings. The second kappa shape index (κ2) is 7.09. The van der Waals surface area contributed by atoms with E-state index in [-0.39, 0.29) is 0 Å². The van der Waals surface area contributed by atoms with Gasteiger partial charge in [0.05, 0.1) is 9.26 Å². The fourth-order valence-electron chi connectivity index (χ4n) is 2.75.